The molecule has 1 aromatic heterocycles. The Labute approximate surface area is 128 Å². The van der Waals surface area contributed by atoms with Gasteiger partial charge >= 0.3 is 5.97 Å². The van der Waals surface area contributed by atoms with Crippen LogP contribution >= 0.6 is 11.6 Å². The van der Waals surface area contributed by atoms with Gasteiger partial charge in [-0.3, -0.25) is 4.79 Å². The fourth-order valence-electron chi connectivity index (χ4n) is 2.16. The normalized spacial score (nSPS) is 12.4. The lowest BCUT2D eigenvalue weighted by Gasteiger charge is -2.18. The number of ether oxygens (including phenoxy) is 1. The Morgan fingerprint density at radius 1 is 1.43 bits per heavy atom. The minimum atomic E-state index is -0.631. The molecule has 1 unspecified atom stereocenters. The molecular formula is C15H18ClN3O2. The Balaban J connectivity index is 2.51. The van der Waals surface area contributed by atoms with Crippen molar-refractivity contribution in [1.82, 2.24) is 14.8 Å². The van der Waals surface area contributed by atoms with Gasteiger partial charge in [0.25, 0.3) is 0 Å². The molecule has 0 amide bonds. The standard InChI is InChI=1S/C15H18ClN3O2/c1-4-21-15(20)13(11-6-5-7-12(16)8-11)14-18-17-9-19(14)10(2)3/h5-10,13H,4H2,1-3H3. The third kappa shape index (κ3) is 3.42. The average molecular weight is 308 g/mol. The molecule has 0 saturated heterocycles. The summed E-state index contributed by atoms with van der Waals surface area (Å²) in [5, 5.41) is 8.61. The number of aromatic nitrogens is 3. The number of rotatable bonds is 5. The van der Waals surface area contributed by atoms with Crippen molar-refractivity contribution < 1.29 is 9.53 Å². The molecule has 0 aliphatic rings. The van der Waals surface area contributed by atoms with Crippen molar-refractivity contribution in [2.45, 2.75) is 32.7 Å². The van der Waals surface area contributed by atoms with Crippen LogP contribution in [-0.4, -0.2) is 27.3 Å². The number of hydrogen-bond acceptors (Lipinski definition) is 4. The van der Waals surface area contributed by atoms with Crippen molar-refractivity contribution in [3.63, 3.8) is 0 Å². The third-order valence-corrected chi connectivity index (χ3v) is 3.35. The van der Waals surface area contributed by atoms with E-state index in [4.69, 9.17) is 16.3 Å². The van der Waals surface area contributed by atoms with Gasteiger partial charge < -0.3 is 9.30 Å². The van der Waals surface area contributed by atoms with E-state index in [2.05, 4.69) is 10.2 Å². The molecule has 0 aliphatic heterocycles. The van der Waals surface area contributed by atoms with Gasteiger partial charge in [0.15, 0.2) is 5.82 Å². The van der Waals surface area contributed by atoms with Crippen LogP contribution in [0.15, 0.2) is 30.6 Å². The van der Waals surface area contributed by atoms with Crippen LogP contribution in [0.25, 0.3) is 0 Å². The predicted octanol–water partition coefficient (Wildman–Crippen LogP) is 3.21. The number of nitrogens with zero attached hydrogens (tertiary/aromatic N) is 3. The van der Waals surface area contributed by atoms with E-state index in [-0.39, 0.29) is 12.0 Å². The first kappa shape index (κ1) is 15.5. The fourth-order valence-corrected chi connectivity index (χ4v) is 2.36. The Morgan fingerprint density at radius 2 is 2.19 bits per heavy atom. The molecule has 21 heavy (non-hydrogen) atoms. The molecule has 0 bridgehead atoms. The Morgan fingerprint density at radius 3 is 2.81 bits per heavy atom. The molecule has 2 aromatic rings. The Kier molecular flexibility index (Phi) is 4.96. The minimum absolute atomic E-state index is 0.145. The van der Waals surface area contributed by atoms with Crippen LogP contribution in [0.1, 0.15) is 44.1 Å². The SMILES string of the molecule is CCOC(=O)C(c1cccc(Cl)c1)c1nncn1C(C)C. The zero-order valence-corrected chi connectivity index (χ0v) is 13.0. The van der Waals surface area contributed by atoms with Gasteiger partial charge in [0.2, 0.25) is 0 Å². The van der Waals surface area contributed by atoms with Crippen molar-refractivity contribution in [3.05, 3.63) is 47.0 Å². The summed E-state index contributed by atoms with van der Waals surface area (Å²) in [6.45, 7) is 6.10. The van der Waals surface area contributed by atoms with Crippen LogP contribution in [0.2, 0.25) is 5.02 Å². The molecular weight excluding hydrogens is 290 g/mol. The second-order valence-corrected chi connectivity index (χ2v) is 5.37. The molecule has 1 atom stereocenters. The predicted molar refractivity (Wildman–Crippen MR) is 80.3 cm³/mol. The highest BCUT2D eigenvalue weighted by molar-refractivity contribution is 6.30. The zero-order chi connectivity index (χ0) is 15.4. The van der Waals surface area contributed by atoms with Crippen LogP contribution in [0.5, 0.6) is 0 Å². The smallest absolute Gasteiger partial charge is 0.321 e. The number of carbonyl (C=O) groups is 1. The molecule has 0 saturated carbocycles. The second kappa shape index (κ2) is 6.72. The monoisotopic (exact) mass is 307 g/mol. The van der Waals surface area contributed by atoms with E-state index in [9.17, 15) is 4.79 Å². The van der Waals surface area contributed by atoms with E-state index >= 15 is 0 Å². The quantitative estimate of drug-likeness (QED) is 0.796. The van der Waals surface area contributed by atoms with Gasteiger partial charge in [-0.25, -0.2) is 0 Å². The van der Waals surface area contributed by atoms with E-state index in [1.54, 1.807) is 31.5 Å². The molecule has 1 heterocycles. The number of carbonyl (C=O) groups excluding carboxylic acids is 1. The first-order valence-corrected chi connectivity index (χ1v) is 7.23. The molecule has 1 aromatic carbocycles. The van der Waals surface area contributed by atoms with Crippen molar-refractivity contribution in [2.75, 3.05) is 6.61 Å². The molecule has 0 N–H and O–H groups in total. The summed E-state index contributed by atoms with van der Waals surface area (Å²) in [5.41, 5.74) is 0.746. The van der Waals surface area contributed by atoms with Gasteiger partial charge in [-0.2, -0.15) is 0 Å². The molecule has 0 fully saturated rings. The van der Waals surface area contributed by atoms with Crippen LogP contribution < -0.4 is 0 Å². The topological polar surface area (TPSA) is 57.0 Å². The summed E-state index contributed by atoms with van der Waals surface area (Å²) in [4.78, 5) is 12.4. The summed E-state index contributed by atoms with van der Waals surface area (Å²) in [7, 11) is 0. The highest BCUT2D eigenvalue weighted by Gasteiger charge is 2.29. The van der Waals surface area contributed by atoms with E-state index in [0.717, 1.165) is 5.56 Å². The van der Waals surface area contributed by atoms with E-state index in [0.29, 0.717) is 17.5 Å². The highest BCUT2D eigenvalue weighted by Crippen LogP contribution is 2.28. The van der Waals surface area contributed by atoms with Crippen molar-refractivity contribution in [2.24, 2.45) is 0 Å². The summed E-state index contributed by atoms with van der Waals surface area (Å²) >= 11 is 6.04. The van der Waals surface area contributed by atoms with Crippen LogP contribution in [0.4, 0.5) is 0 Å². The third-order valence-electron chi connectivity index (χ3n) is 3.12. The minimum Gasteiger partial charge on any atom is -0.465 e. The van der Waals surface area contributed by atoms with Gasteiger partial charge in [0, 0.05) is 11.1 Å². The van der Waals surface area contributed by atoms with Gasteiger partial charge in [-0.15, -0.1) is 10.2 Å². The fraction of sp³-hybridized carbons (Fsp3) is 0.400. The first-order valence-electron chi connectivity index (χ1n) is 6.86. The molecule has 0 radical (unpaired) electrons. The summed E-state index contributed by atoms with van der Waals surface area (Å²) < 4.78 is 7.06. The van der Waals surface area contributed by atoms with Crippen LogP contribution in [-0.2, 0) is 9.53 Å². The number of halogens is 1. The second-order valence-electron chi connectivity index (χ2n) is 4.93. The highest BCUT2D eigenvalue weighted by atomic mass is 35.5. The molecule has 5 nitrogen and oxygen atoms in total. The summed E-state index contributed by atoms with van der Waals surface area (Å²) in [6, 6.07) is 7.31. The van der Waals surface area contributed by atoms with Gasteiger partial charge in [-0.05, 0) is 38.5 Å². The van der Waals surface area contributed by atoms with E-state index in [1.807, 2.05) is 24.5 Å². The van der Waals surface area contributed by atoms with Crippen LogP contribution in [0, 0.1) is 0 Å². The maximum atomic E-state index is 12.4. The van der Waals surface area contributed by atoms with Gasteiger partial charge in [0.1, 0.15) is 12.2 Å². The lowest BCUT2D eigenvalue weighted by molar-refractivity contribution is -0.144. The number of benzene rings is 1. The molecule has 112 valence electrons. The lowest BCUT2D eigenvalue weighted by atomic mass is 9.98. The van der Waals surface area contributed by atoms with E-state index < -0.39 is 5.92 Å². The maximum absolute atomic E-state index is 12.4. The average Bonchev–Trinajstić information content (AvgIpc) is 2.88. The number of esters is 1. The van der Waals surface area contributed by atoms with E-state index in [1.165, 1.54) is 0 Å². The first-order chi connectivity index (χ1) is 10.0. The molecule has 6 heteroatoms. The summed E-state index contributed by atoms with van der Waals surface area (Å²) in [6.07, 6.45) is 1.62. The number of hydrogen-bond donors (Lipinski definition) is 0. The largest absolute Gasteiger partial charge is 0.465 e. The zero-order valence-electron chi connectivity index (χ0n) is 12.3. The lowest BCUT2D eigenvalue weighted by Crippen LogP contribution is -2.22. The van der Waals surface area contributed by atoms with Crippen molar-refractivity contribution in [3.8, 4) is 0 Å². The van der Waals surface area contributed by atoms with Crippen molar-refractivity contribution in [1.29, 1.82) is 0 Å². The molecule has 0 spiro atoms. The molecule has 2 rings (SSSR count). The summed E-state index contributed by atoms with van der Waals surface area (Å²) in [5.74, 6) is -0.422. The Bertz CT molecular complexity index is 625. The van der Waals surface area contributed by atoms with Crippen molar-refractivity contribution >= 4 is 17.6 Å². The maximum Gasteiger partial charge on any atom is 0.321 e. The Hall–Kier alpha value is -1.88. The molecule has 0 aliphatic carbocycles. The van der Waals surface area contributed by atoms with Gasteiger partial charge in [-0.1, -0.05) is 23.7 Å². The van der Waals surface area contributed by atoms with Crippen LogP contribution in [0.3, 0.4) is 0 Å². The van der Waals surface area contributed by atoms with Gasteiger partial charge in [0.05, 0.1) is 6.61 Å².